The number of para-hydroxylation sites is 1. The third-order valence-corrected chi connectivity index (χ3v) is 3.58. The molecule has 1 aromatic carbocycles. The molecule has 0 fully saturated rings. The first-order chi connectivity index (χ1) is 9.22. The number of halogens is 2. The van der Waals surface area contributed by atoms with Crippen molar-refractivity contribution in [1.29, 1.82) is 5.26 Å². The molecule has 0 aliphatic heterocycles. The smallest absolute Gasteiger partial charge is 0.147 e. The number of aromatic nitrogens is 1. The summed E-state index contributed by atoms with van der Waals surface area (Å²) in [6.45, 7) is 0.605. The van der Waals surface area contributed by atoms with Gasteiger partial charge >= 0.3 is 0 Å². The Kier molecular flexibility index (Phi) is 4.94. The SMILES string of the molecule is N#CCCN(c1ccccc1)c1ncc(Br)cc1Br. The second kappa shape index (κ2) is 6.69. The Bertz CT molecular complexity index is 593. The highest BCUT2D eigenvalue weighted by atomic mass is 79.9. The second-order valence-corrected chi connectivity index (χ2v) is 5.62. The average Bonchev–Trinajstić information content (AvgIpc) is 2.42. The van der Waals surface area contributed by atoms with Crippen molar-refractivity contribution in [3.05, 3.63) is 51.5 Å². The first kappa shape index (κ1) is 14.0. The van der Waals surface area contributed by atoms with Gasteiger partial charge < -0.3 is 4.90 Å². The fourth-order valence-corrected chi connectivity index (χ4v) is 2.93. The number of anilines is 2. The maximum Gasteiger partial charge on any atom is 0.147 e. The quantitative estimate of drug-likeness (QED) is 0.774. The molecule has 0 saturated heterocycles. The van der Waals surface area contributed by atoms with Gasteiger partial charge in [0, 0.05) is 22.9 Å². The Labute approximate surface area is 129 Å². The van der Waals surface area contributed by atoms with Gasteiger partial charge in [0.05, 0.1) is 17.0 Å². The Morgan fingerprint density at radius 2 is 1.95 bits per heavy atom. The zero-order chi connectivity index (χ0) is 13.7. The highest BCUT2D eigenvalue weighted by molar-refractivity contribution is 9.11. The topological polar surface area (TPSA) is 39.9 Å². The number of hydrogen-bond donors (Lipinski definition) is 0. The molecule has 0 atom stereocenters. The molecular weight excluding hydrogens is 370 g/mol. The minimum absolute atomic E-state index is 0.444. The fourth-order valence-electron chi connectivity index (χ4n) is 1.73. The lowest BCUT2D eigenvalue weighted by atomic mass is 10.2. The molecule has 96 valence electrons. The largest absolute Gasteiger partial charge is 0.324 e. The van der Waals surface area contributed by atoms with E-state index in [0.717, 1.165) is 20.5 Å². The van der Waals surface area contributed by atoms with Crippen molar-refractivity contribution in [3.63, 3.8) is 0 Å². The number of pyridine rings is 1. The Balaban J connectivity index is 2.40. The molecule has 0 amide bonds. The molecule has 1 aromatic heterocycles. The van der Waals surface area contributed by atoms with Gasteiger partial charge in [-0.1, -0.05) is 18.2 Å². The van der Waals surface area contributed by atoms with Crippen molar-refractivity contribution >= 4 is 43.4 Å². The summed E-state index contributed by atoms with van der Waals surface area (Å²) in [6, 6.07) is 14.1. The van der Waals surface area contributed by atoms with Crippen LogP contribution >= 0.6 is 31.9 Å². The van der Waals surface area contributed by atoms with Gasteiger partial charge in [-0.15, -0.1) is 0 Å². The van der Waals surface area contributed by atoms with E-state index in [1.807, 2.05) is 41.3 Å². The summed E-state index contributed by atoms with van der Waals surface area (Å²) in [4.78, 5) is 6.46. The third-order valence-electron chi connectivity index (χ3n) is 2.56. The number of nitriles is 1. The van der Waals surface area contributed by atoms with E-state index < -0.39 is 0 Å². The lowest BCUT2D eigenvalue weighted by Crippen LogP contribution is -2.19. The second-order valence-electron chi connectivity index (χ2n) is 3.85. The fraction of sp³-hybridized carbons (Fsp3) is 0.143. The Hall–Kier alpha value is -1.38. The summed E-state index contributed by atoms with van der Waals surface area (Å²) in [5.41, 5.74) is 1.02. The lowest BCUT2D eigenvalue weighted by Gasteiger charge is -2.23. The van der Waals surface area contributed by atoms with Crippen molar-refractivity contribution in [2.45, 2.75) is 6.42 Å². The summed E-state index contributed by atoms with van der Waals surface area (Å²) in [6.07, 6.45) is 2.20. The summed E-state index contributed by atoms with van der Waals surface area (Å²) < 4.78 is 1.81. The van der Waals surface area contributed by atoms with E-state index >= 15 is 0 Å². The van der Waals surface area contributed by atoms with Crippen molar-refractivity contribution in [1.82, 2.24) is 4.98 Å². The number of rotatable bonds is 4. The molecule has 0 aliphatic rings. The Morgan fingerprint density at radius 3 is 2.58 bits per heavy atom. The van der Waals surface area contributed by atoms with E-state index in [1.165, 1.54) is 0 Å². The molecule has 2 aromatic rings. The van der Waals surface area contributed by atoms with Crippen molar-refractivity contribution < 1.29 is 0 Å². The normalized spacial score (nSPS) is 9.95. The molecule has 0 N–H and O–H groups in total. The molecule has 0 radical (unpaired) electrons. The van der Waals surface area contributed by atoms with Gasteiger partial charge in [0.2, 0.25) is 0 Å². The monoisotopic (exact) mass is 379 g/mol. The molecule has 1 heterocycles. The molecule has 2 rings (SSSR count). The molecule has 5 heteroatoms. The van der Waals surface area contributed by atoms with Crippen LogP contribution in [0.1, 0.15) is 6.42 Å². The van der Waals surface area contributed by atoms with Crippen LogP contribution in [0.2, 0.25) is 0 Å². The first-order valence-electron chi connectivity index (χ1n) is 5.73. The van der Waals surface area contributed by atoms with Crippen LogP contribution in [-0.2, 0) is 0 Å². The zero-order valence-electron chi connectivity index (χ0n) is 10.1. The van der Waals surface area contributed by atoms with Crippen molar-refractivity contribution in [2.24, 2.45) is 0 Å². The molecule has 19 heavy (non-hydrogen) atoms. The van der Waals surface area contributed by atoms with E-state index in [1.54, 1.807) is 6.20 Å². The standard InChI is InChI=1S/C14H11Br2N3/c15-11-9-13(16)14(18-10-11)19(8-4-7-17)12-5-2-1-3-6-12/h1-3,5-6,9-10H,4,8H2. The molecule has 0 unspecified atom stereocenters. The predicted molar refractivity (Wildman–Crippen MR) is 83.3 cm³/mol. The minimum atomic E-state index is 0.444. The van der Waals surface area contributed by atoms with Crippen LogP contribution in [0.3, 0.4) is 0 Å². The molecule has 0 aliphatic carbocycles. The molecule has 0 saturated carbocycles. The first-order valence-corrected chi connectivity index (χ1v) is 7.31. The van der Waals surface area contributed by atoms with Crippen molar-refractivity contribution in [3.8, 4) is 6.07 Å². The number of nitrogens with zero attached hydrogens (tertiary/aromatic N) is 3. The van der Waals surface area contributed by atoms with Crippen LogP contribution in [-0.4, -0.2) is 11.5 Å². The van der Waals surface area contributed by atoms with E-state index in [2.05, 4.69) is 42.9 Å². The molecular formula is C14H11Br2N3. The maximum atomic E-state index is 8.81. The summed E-state index contributed by atoms with van der Waals surface area (Å²) >= 11 is 6.91. The zero-order valence-corrected chi connectivity index (χ0v) is 13.2. The van der Waals surface area contributed by atoms with E-state index in [4.69, 9.17) is 5.26 Å². The summed E-state index contributed by atoms with van der Waals surface area (Å²) in [5, 5.41) is 8.81. The summed E-state index contributed by atoms with van der Waals surface area (Å²) in [5.74, 6) is 0.810. The van der Waals surface area contributed by atoms with Gasteiger partial charge in [-0.25, -0.2) is 4.98 Å². The van der Waals surface area contributed by atoms with Crippen LogP contribution in [0, 0.1) is 11.3 Å². The van der Waals surface area contributed by atoms with Crippen LogP contribution in [0.15, 0.2) is 51.5 Å². The molecule has 0 spiro atoms. The van der Waals surface area contributed by atoms with Gasteiger partial charge in [-0.2, -0.15) is 5.26 Å². The predicted octanol–water partition coefficient (Wildman–Crippen LogP) is 4.66. The van der Waals surface area contributed by atoms with Gasteiger partial charge in [0.1, 0.15) is 5.82 Å². The van der Waals surface area contributed by atoms with Gasteiger partial charge in [0.15, 0.2) is 0 Å². The van der Waals surface area contributed by atoms with Crippen LogP contribution in [0.25, 0.3) is 0 Å². The molecule has 3 nitrogen and oxygen atoms in total. The highest BCUT2D eigenvalue weighted by Gasteiger charge is 2.13. The maximum absolute atomic E-state index is 8.81. The summed E-state index contributed by atoms with van der Waals surface area (Å²) in [7, 11) is 0. The van der Waals surface area contributed by atoms with Crippen LogP contribution in [0.4, 0.5) is 11.5 Å². The lowest BCUT2D eigenvalue weighted by molar-refractivity contribution is 0.922. The van der Waals surface area contributed by atoms with E-state index in [0.29, 0.717) is 13.0 Å². The minimum Gasteiger partial charge on any atom is -0.324 e. The van der Waals surface area contributed by atoms with Crippen molar-refractivity contribution in [2.75, 3.05) is 11.4 Å². The number of benzene rings is 1. The van der Waals surface area contributed by atoms with Gasteiger partial charge in [0.25, 0.3) is 0 Å². The van der Waals surface area contributed by atoms with Gasteiger partial charge in [-0.3, -0.25) is 0 Å². The van der Waals surface area contributed by atoms with Gasteiger partial charge in [-0.05, 0) is 50.1 Å². The third kappa shape index (κ3) is 3.55. The van der Waals surface area contributed by atoms with Crippen LogP contribution in [0.5, 0.6) is 0 Å². The number of hydrogen-bond acceptors (Lipinski definition) is 3. The Morgan fingerprint density at radius 1 is 1.21 bits per heavy atom. The highest BCUT2D eigenvalue weighted by Crippen LogP contribution is 2.31. The average molecular weight is 381 g/mol. The van der Waals surface area contributed by atoms with Crippen LogP contribution < -0.4 is 4.90 Å². The van der Waals surface area contributed by atoms with E-state index in [-0.39, 0.29) is 0 Å². The molecule has 0 bridgehead atoms. The van der Waals surface area contributed by atoms with E-state index in [9.17, 15) is 0 Å².